The molecule has 0 aliphatic carbocycles. The van der Waals surface area contributed by atoms with Crippen LogP contribution in [0.25, 0.3) is 0 Å². The number of likely N-dealkylation sites (tertiary alicyclic amines) is 1. The highest BCUT2D eigenvalue weighted by Gasteiger charge is 2.21. The molecule has 1 aliphatic rings. The summed E-state index contributed by atoms with van der Waals surface area (Å²) in [5.41, 5.74) is 0. The van der Waals surface area contributed by atoms with Crippen molar-refractivity contribution in [2.45, 2.75) is 19.3 Å². The van der Waals surface area contributed by atoms with E-state index >= 15 is 0 Å². The molecular formula is C11H13NO2S. The molecule has 3 nitrogen and oxygen atoms in total. The van der Waals surface area contributed by atoms with Gasteiger partial charge < -0.3 is 4.90 Å². The Hall–Kier alpha value is -1.16. The van der Waals surface area contributed by atoms with Crippen LogP contribution in [0.3, 0.4) is 0 Å². The number of hydrogen-bond donors (Lipinski definition) is 0. The molecule has 1 amide bonds. The molecule has 4 heteroatoms. The predicted molar refractivity (Wildman–Crippen MR) is 59.1 cm³/mol. The van der Waals surface area contributed by atoms with Crippen molar-refractivity contribution >= 4 is 23.0 Å². The molecule has 0 bridgehead atoms. The third-order valence-electron chi connectivity index (χ3n) is 2.55. The van der Waals surface area contributed by atoms with E-state index in [1.807, 2.05) is 11.4 Å². The molecule has 1 saturated heterocycles. The highest BCUT2D eigenvalue weighted by molar-refractivity contribution is 7.12. The second-order valence-electron chi connectivity index (χ2n) is 3.67. The van der Waals surface area contributed by atoms with Gasteiger partial charge in [0.05, 0.1) is 11.4 Å². The van der Waals surface area contributed by atoms with E-state index in [1.54, 1.807) is 11.0 Å². The summed E-state index contributed by atoms with van der Waals surface area (Å²) >= 11 is 1.43. The number of thiophene rings is 1. The summed E-state index contributed by atoms with van der Waals surface area (Å²) in [5, 5.41) is 1.88. The van der Waals surface area contributed by atoms with Crippen LogP contribution in [0.4, 0.5) is 0 Å². The van der Waals surface area contributed by atoms with Gasteiger partial charge in [0.2, 0.25) is 5.91 Å². The molecule has 2 rings (SSSR count). The number of piperidine rings is 1. The Kier molecular flexibility index (Phi) is 3.16. The zero-order valence-electron chi connectivity index (χ0n) is 8.44. The molecule has 1 aliphatic heterocycles. The quantitative estimate of drug-likeness (QED) is 0.734. The van der Waals surface area contributed by atoms with E-state index in [4.69, 9.17) is 0 Å². The maximum absolute atomic E-state index is 11.7. The standard InChI is InChI=1S/C11H13NO2S/c13-9(10-4-3-7-15-10)8-12-6-2-1-5-11(12)14/h3-4,7H,1-2,5-6,8H2. The molecule has 1 fully saturated rings. The Bertz CT molecular complexity index is 359. The Morgan fingerprint density at radius 3 is 3.00 bits per heavy atom. The molecule has 0 atom stereocenters. The number of nitrogens with zero attached hydrogens (tertiary/aromatic N) is 1. The van der Waals surface area contributed by atoms with Crippen LogP contribution < -0.4 is 0 Å². The van der Waals surface area contributed by atoms with Crippen LogP contribution in [0.1, 0.15) is 28.9 Å². The summed E-state index contributed by atoms with van der Waals surface area (Å²) in [6, 6.07) is 3.66. The molecule has 15 heavy (non-hydrogen) atoms. The van der Waals surface area contributed by atoms with Gasteiger partial charge in [-0.15, -0.1) is 11.3 Å². The van der Waals surface area contributed by atoms with Gasteiger partial charge in [-0.3, -0.25) is 9.59 Å². The molecule has 1 aromatic rings. The lowest BCUT2D eigenvalue weighted by Gasteiger charge is -2.25. The number of carbonyl (C=O) groups is 2. The second-order valence-corrected chi connectivity index (χ2v) is 4.62. The second kappa shape index (κ2) is 4.57. The molecule has 80 valence electrons. The van der Waals surface area contributed by atoms with Crippen molar-refractivity contribution in [1.82, 2.24) is 4.90 Å². The maximum atomic E-state index is 11.7. The van der Waals surface area contributed by atoms with Gasteiger partial charge in [0.25, 0.3) is 0 Å². The van der Waals surface area contributed by atoms with E-state index in [9.17, 15) is 9.59 Å². The van der Waals surface area contributed by atoms with Gasteiger partial charge in [-0.25, -0.2) is 0 Å². The van der Waals surface area contributed by atoms with Gasteiger partial charge in [0.1, 0.15) is 0 Å². The maximum Gasteiger partial charge on any atom is 0.222 e. The number of carbonyl (C=O) groups excluding carboxylic acids is 2. The molecule has 1 aromatic heterocycles. The highest BCUT2D eigenvalue weighted by atomic mass is 32.1. The number of Topliss-reactive ketones (excluding diaryl/α,β-unsaturated/α-hetero) is 1. The average Bonchev–Trinajstić information content (AvgIpc) is 2.74. The zero-order chi connectivity index (χ0) is 10.7. The van der Waals surface area contributed by atoms with Crippen molar-refractivity contribution in [2.75, 3.05) is 13.1 Å². The summed E-state index contributed by atoms with van der Waals surface area (Å²) in [6.07, 6.45) is 2.57. The van der Waals surface area contributed by atoms with E-state index in [1.165, 1.54) is 11.3 Å². The third-order valence-corrected chi connectivity index (χ3v) is 3.46. The smallest absolute Gasteiger partial charge is 0.222 e. The first-order chi connectivity index (χ1) is 7.27. The fourth-order valence-corrected chi connectivity index (χ4v) is 2.37. The first-order valence-corrected chi connectivity index (χ1v) is 6.00. The Morgan fingerprint density at radius 1 is 1.47 bits per heavy atom. The molecule has 0 saturated carbocycles. The molecule has 2 heterocycles. The number of amides is 1. The van der Waals surface area contributed by atoms with Crippen LogP contribution >= 0.6 is 11.3 Å². The summed E-state index contributed by atoms with van der Waals surface area (Å²) < 4.78 is 0. The van der Waals surface area contributed by atoms with E-state index in [-0.39, 0.29) is 18.2 Å². The first kappa shape index (κ1) is 10.4. The first-order valence-electron chi connectivity index (χ1n) is 5.12. The minimum Gasteiger partial charge on any atom is -0.335 e. The monoisotopic (exact) mass is 223 g/mol. The Balaban J connectivity index is 1.96. The zero-order valence-corrected chi connectivity index (χ0v) is 9.26. The van der Waals surface area contributed by atoms with E-state index < -0.39 is 0 Å². The lowest BCUT2D eigenvalue weighted by Crippen LogP contribution is -2.38. The average molecular weight is 223 g/mol. The number of rotatable bonds is 3. The minimum atomic E-state index is 0.0558. The summed E-state index contributed by atoms with van der Waals surface area (Å²) in [5.74, 6) is 0.173. The summed E-state index contributed by atoms with van der Waals surface area (Å²) in [4.78, 5) is 25.6. The minimum absolute atomic E-state index is 0.0558. The van der Waals surface area contributed by atoms with Gasteiger partial charge in [-0.2, -0.15) is 0 Å². The van der Waals surface area contributed by atoms with Gasteiger partial charge in [-0.1, -0.05) is 6.07 Å². The van der Waals surface area contributed by atoms with Crippen LogP contribution in [-0.2, 0) is 4.79 Å². The van der Waals surface area contributed by atoms with Crippen LogP contribution in [0.5, 0.6) is 0 Å². The fourth-order valence-electron chi connectivity index (χ4n) is 1.72. The van der Waals surface area contributed by atoms with Crippen LogP contribution in [0.15, 0.2) is 17.5 Å². The predicted octanol–water partition coefficient (Wildman–Crippen LogP) is 1.94. The lowest BCUT2D eigenvalue weighted by molar-refractivity contribution is -0.132. The van der Waals surface area contributed by atoms with Crippen molar-refractivity contribution < 1.29 is 9.59 Å². The van der Waals surface area contributed by atoms with Crippen molar-refractivity contribution in [3.8, 4) is 0 Å². The topological polar surface area (TPSA) is 37.4 Å². The van der Waals surface area contributed by atoms with Crippen molar-refractivity contribution in [3.63, 3.8) is 0 Å². The van der Waals surface area contributed by atoms with Gasteiger partial charge in [0, 0.05) is 13.0 Å². The van der Waals surface area contributed by atoms with E-state index in [0.717, 1.165) is 24.3 Å². The summed E-state index contributed by atoms with van der Waals surface area (Å²) in [7, 11) is 0. The molecule has 0 spiro atoms. The van der Waals surface area contributed by atoms with Crippen molar-refractivity contribution in [1.29, 1.82) is 0 Å². The highest BCUT2D eigenvalue weighted by Crippen LogP contribution is 2.14. The number of ketones is 1. The molecule has 0 radical (unpaired) electrons. The van der Waals surface area contributed by atoms with Crippen LogP contribution in [0.2, 0.25) is 0 Å². The molecule has 0 N–H and O–H groups in total. The van der Waals surface area contributed by atoms with Gasteiger partial charge in [0.15, 0.2) is 5.78 Å². The van der Waals surface area contributed by atoms with Crippen LogP contribution in [0, 0.1) is 0 Å². The summed E-state index contributed by atoms with van der Waals surface area (Å²) in [6.45, 7) is 0.981. The van der Waals surface area contributed by atoms with E-state index in [2.05, 4.69) is 0 Å². The Labute approximate surface area is 92.7 Å². The molecule has 0 aromatic carbocycles. The SMILES string of the molecule is O=C(CN1CCCCC1=O)c1cccs1. The van der Waals surface area contributed by atoms with Gasteiger partial charge in [-0.05, 0) is 24.3 Å². The largest absolute Gasteiger partial charge is 0.335 e. The van der Waals surface area contributed by atoms with E-state index in [0.29, 0.717) is 6.42 Å². The normalized spacial score (nSPS) is 16.8. The molecular weight excluding hydrogens is 210 g/mol. The van der Waals surface area contributed by atoms with Crippen LogP contribution in [-0.4, -0.2) is 29.7 Å². The fraction of sp³-hybridized carbons (Fsp3) is 0.455. The Morgan fingerprint density at radius 2 is 2.33 bits per heavy atom. The number of hydrogen-bond acceptors (Lipinski definition) is 3. The van der Waals surface area contributed by atoms with Crippen molar-refractivity contribution in [2.24, 2.45) is 0 Å². The van der Waals surface area contributed by atoms with Crippen molar-refractivity contribution in [3.05, 3.63) is 22.4 Å². The molecule has 0 unspecified atom stereocenters. The third kappa shape index (κ3) is 2.45. The lowest BCUT2D eigenvalue weighted by atomic mass is 10.1. The van der Waals surface area contributed by atoms with Gasteiger partial charge >= 0.3 is 0 Å².